The summed E-state index contributed by atoms with van der Waals surface area (Å²) in [7, 11) is 0. The highest BCUT2D eigenvalue weighted by Gasteiger charge is 2.21. The van der Waals surface area contributed by atoms with Gasteiger partial charge < -0.3 is 15.2 Å². The SMILES string of the molecule is O=C([O-])C[C@H](NC(=O)Cc1ccccc1)c1cc([N+](=O)[O-])ccc1Cl. The van der Waals surface area contributed by atoms with Gasteiger partial charge in [-0.3, -0.25) is 14.9 Å². The number of aliphatic carboxylic acids is 1. The van der Waals surface area contributed by atoms with Crippen LogP contribution in [0.1, 0.15) is 23.6 Å². The van der Waals surface area contributed by atoms with Crippen LogP contribution in [0.25, 0.3) is 0 Å². The van der Waals surface area contributed by atoms with Gasteiger partial charge in [-0.25, -0.2) is 0 Å². The van der Waals surface area contributed by atoms with Crippen molar-refractivity contribution in [2.75, 3.05) is 0 Å². The van der Waals surface area contributed by atoms with Crippen molar-refractivity contribution in [3.63, 3.8) is 0 Å². The minimum atomic E-state index is -1.41. The summed E-state index contributed by atoms with van der Waals surface area (Å²) >= 11 is 6.04. The van der Waals surface area contributed by atoms with Crippen LogP contribution < -0.4 is 10.4 Å². The Morgan fingerprint density at radius 3 is 2.44 bits per heavy atom. The van der Waals surface area contributed by atoms with Crippen molar-refractivity contribution in [3.05, 3.63) is 74.8 Å². The van der Waals surface area contributed by atoms with Gasteiger partial charge >= 0.3 is 0 Å². The smallest absolute Gasteiger partial charge is 0.269 e. The van der Waals surface area contributed by atoms with Gasteiger partial charge in [-0.1, -0.05) is 41.9 Å². The third kappa shape index (κ3) is 5.29. The van der Waals surface area contributed by atoms with E-state index in [9.17, 15) is 24.8 Å². The fourth-order valence-electron chi connectivity index (χ4n) is 2.34. The second-order valence-electron chi connectivity index (χ2n) is 5.32. The summed E-state index contributed by atoms with van der Waals surface area (Å²) in [5.74, 6) is -1.84. The minimum Gasteiger partial charge on any atom is -0.550 e. The van der Waals surface area contributed by atoms with Gasteiger partial charge in [-0.2, -0.15) is 0 Å². The summed E-state index contributed by atoms with van der Waals surface area (Å²) in [5, 5.41) is 24.6. The molecule has 2 aromatic carbocycles. The van der Waals surface area contributed by atoms with Gasteiger partial charge in [0.2, 0.25) is 5.91 Å². The second-order valence-corrected chi connectivity index (χ2v) is 5.73. The number of nitro benzene ring substituents is 1. The quantitative estimate of drug-likeness (QED) is 0.596. The molecule has 1 atom stereocenters. The van der Waals surface area contributed by atoms with Crippen LogP contribution in [0.5, 0.6) is 0 Å². The lowest BCUT2D eigenvalue weighted by atomic mass is 10.0. The molecule has 130 valence electrons. The number of carbonyl (C=O) groups excluding carboxylic acids is 2. The van der Waals surface area contributed by atoms with Gasteiger partial charge in [0.25, 0.3) is 5.69 Å². The Hall–Kier alpha value is -2.93. The highest BCUT2D eigenvalue weighted by atomic mass is 35.5. The zero-order chi connectivity index (χ0) is 18.4. The van der Waals surface area contributed by atoms with Crippen molar-refractivity contribution < 1.29 is 19.6 Å². The first-order valence-corrected chi connectivity index (χ1v) is 7.71. The molecular formula is C17H14ClN2O5-. The monoisotopic (exact) mass is 361 g/mol. The van der Waals surface area contributed by atoms with Crippen LogP contribution in [0.4, 0.5) is 5.69 Å². The van der Waals surface area contributed by atoms with E-state index in [0.717, 1.165) is 11.6 Å². The van der Waals surface area contributed by atoms with E-state index in [1.165, 1.54) is 12.1 Å². The molecule has 0 bridgehead atoms. The summed E-state index contributed by atoms with van der Waals surface area (Å²) in [5.41, 5.74) is 0.652. The first-order chi connectivity index (χ1) is 11.9. The molecule has 1 amide bonds. The lowest BCUT2D eigenvalue weighted by Crippen LogP contribution is -2.35. The summed E-state index contributed by atoms with van der Waals surface area (Å²) in [6.07, 6.45) is -0.516. The Morgan fingerprint density at radius 2 is 1.84 bits per heavy atom. The van der Waals surface area contributed by atoms with E-state index in [1.807, 2.05) is 6.07 Å². The molecule has 0 unspecified atom stereocenters. The molecule has 0 aliphatic rings. The Morgan fingerprint density at radius 1 is 1.16 bits per heavy atom. The number of carboxylic acid groups (broad SMARTS) is 1. The zero-order valence-electron chi connectivity index (χ0n) is 13.0. The number of carboxylic acids is 1. The Bertz CT molecular complexity index is 795. The van der Waals surface area contributed by atoms with E-state index in [1.54, 1.807) is 24.3 Å². The lowest BCUT2D eigenvalue weighted by molar-refractivity contribution is -0.385. The van der Waals surface area contributed by atoms with E-state index in [4.69, 9.17) is 11.6 Å². The van der Waals surface area contributed by atoms with Crippen LogP contribution in [0.15, 0.2) is 48.5 Å². The first kappa shape index (κ1) is 18.4. The number of carbonyl (C=O) groups is 2. The predicted molar refractivity (Wildman–Crippen MR) is 88.8 cm³/mol. The van der Waals surface area contributed by atoms with Crippen molar-refractivity contribution >= 4 is 29.2 Å². The molecule has 0 radical (unpaired) electrons. The highest BCUT2D eigenvalue weighted by molar-refractivity contribution is 6.31. The molecule has 2 rings (SSSR count). The number of nitro groups is 1. The maximum Gasteiger partial charge on any atom is 0.269 e. The average molecular weight is 362 g/mol. The Labute approximate surface area is 148 Å². The normalized spacial score (nSPS) is 11.6. The van der Waals surface area contributed by atoms with E-state index in [0.29, 0.717) is 0 Å². The number of nitrogens with zero attached hydrogens (tertiary/aromatic N) is 1. The molecule has 0 aliphatic carbocycles. The molecule has 0 saturated carbocycles. The van der Waals surface area contributed by atoms with Crippen LogP contribution in [0, 0.1) is 10.1 Å². The van der Waals surface area contributed by atoms with Crippen molar-refractivity contribution in [1.82, 2.24) is 5.32 Å². The van der Waals surface area contributed by atoms with Gasteiger partial charge in [-0.05, 0) is 11.6 Å². The van der Waals surface area contributed by atoms with E-state index in [-0.39, 0.29) is 22.7 Å². The number of halogens is 1. The number of benzene rings is 2. The van der Waals surface area contributed by atoms with E-state index < -0.39 is 29.3 Å². The van der Waals surface area contributed by atoms with Crippen LogP contribution in [0.3, 0.4) is 0 Å². The molecule has 2 aromatic rings. The summed E-state index contributed by atoms with van der Waals surface area (Å²) in [4.78, 5) is 33.5. The molecule has 25 heavy (non-hydrogen) atoms. The molecule has 1 N–H and O–H groups in total. The lowest BCUT2D eigenvalue weighted by Gasteiger charge is -2.21. The largest absolute Gasteiger partial charge is 0.550 e. The molecule has 0 heterocycles. The first-order valence-electron chi connectivity index (χ1n) is 7.34. The fraction of sp³-hybridized carbons (Fsp3) is 0.176. The van der Waals surface area contributed by atoms with Crippen LogP contribution in [0.2, 0.25) is 5.02 Å². The molecule has 0 aliphatic heterocycles. The number of hydrogen-bond acceptors (Lipinski definition) is 5. The molecule has 0 saturated heterocycles. The van der Waals surface area contributed by atoms with Gasteiger partial charge in [0, 0.05) is 35.1 Å². The molecule has 0 aromatic heterocycles. The highest BCUT2D eigenvalue weighted by Crippen LogP contribution is 2.29. The molecular weight excluding hydrogens is 348 g/mol. The third-order valence-corrected chi connectivity index (χ3v) is 3.82. The van der Waals surface area contributed by atoms with Gasteiger partial charge in [0.1, 0.15) is 0 Å². The zero-order valence-corrected chi connectivity index (χ0v) is 13.7. The standard InChI is InChI=1S/C17H15ClN2O5/c18-14-7-6-12(20(24)25)9-13(14)15(10-17(22)23)19-16(21)8-11-4-2-1-3-5-11/h1-7,9,15H,8,10H2,(H,19,21)(H,22,23)/p-1/t15-/m0/s1. The number of hydrogen-bond donors (Lipinski definition) is 1. The summed E-state index contributed by atoms with van der Waals surface area (Å²) in [6, 6.07) is 11.5. The molecule has 0 spiro atoms. The molecule has 7 nitrogen and oxygen atoms in total. The van der Waals surface area contributed by atoms with Crippen LogP contribution in [-0.2, 0) is 16.0 Å². The van der Waals surface area contributed by atoms with Crippen molar-refractivity contribution in [1.29, 1.82) is 0 Å². The van der Waals surface area contributed by atoms with E-state index in [2.05, 4.69) is 5.32 Å². The predicted octanol–water partition coefficient (Wildman–Crippen LogP) is 1.79. The molecule has 0 fully saturated rings. The van der Waals surface area contributed by atoms with Crippen LogP contribution >= 0.6 is 11.6 Å². The third-order valence-electron chi connectivity index (χ3n) is 3.48. The average Bonchev–Trinajstić information content (AvgIpc) is 2.55. The summed E-state index contributed by atoms with van der Waals surface area (Å²) in [6.45, 7) is 0. The Balaban J connectivity index is 2.24. The number of non-ortho nitro benzene ring substituents is 1. The second kappa shape index (κ2) is 8.25. The Kier molecular flexibility index (Phi) is 6.08. The maximum atomic E-state index is 12.2. The van der Waals surface area contributed by atoms with Gasteiger partial charge in [0.15, 0.2) is 0 Å². The minimum absolute atomic E-state index is 0.0386. The van der Waals surface area contributed by atoms with Gasteiger partial charge in [-0.15, -0.1) is 0 Å². The van der Waals surface area contributed by atoms with Crippen molar-refractivity contribution in [2.45, 2.75) is 18.9 Å². The summed E-state index contributed by atoms with van der Waals surface area (Å²) < 4.78 is 0. The molecule has 8 heteroatoms. The number of nitrogens with one attached hydrogen (secondary N) is 1. The van der Waals surface area contributed by atoms with Crippen molar-refractivity contribution in [2.24, 2.45) is 0 Å². The maximum absolute atomic E-state index is 12.2. The number of amides is 1. The van der Waals surface area contributed by atoms with Gasteiger partial charge in [0.05, 0.1) is 17.4 Å². The van der Waals surface area contributed by atoms with Crippen LogP contribution in [-0.4, -0.2) is 16.8 Å². The topological polar surface area (TPSA) is 112 Å². The van der Waals surface area contributed by atoms with Crippen molar-refractivity contribution in [3.8, 4) is 0 Å². The fourth-order valence-corrected chi connectivity index (χ4v) is 2.59. The number of rotatable bonds is 7. The van der Waals surface area contributed by atoms with E-state index >= 15 is 0 Å².